The lowest BCUT2D eigenvalue weighted by atomic mass is 10.1. The molecular formula is C14H19N3O2S2. The molecule has 1 saturated carbocycles. The fourth-order valence-electron chi connectivity index (χ4n) is 2.65. The minimum Gasteiger partial charge on any atom is -0.399 e. The topological polar surface area (TPSA) is 96.0 Å². The van der Waals surface area contributed by atoms with Crippen LogP contribution in [0.3, 0.4) is 0 Å². The summed E-state index contributed by atoms with van der Waals surface area (Å²) in [7, 11) is -3.70. The van der Waals surface area contributed by atoms with Gasteiger partial charge in [0.25, 0.3) is 0 Å². The number of nitrogens with two attached hydrogens (primary N) is 1. The molecule has 0 aliphatic heterocycles. The number of hydrogen-bond acceptors (Lipinski definition) is 5. The number of nitrogens with zero attached hydrogens (tertiary/aromatic N) is 1. The molecule has 0 atom stereocenters. The van der Waals surface area contributed by atoms with Gasteiger partial charge in [0.15, 0.2) is 0 Å². The highest BCUT2D eigenvalue weighted by Crippen LogP contribution is 2.39. The molecule has 0 unspecified atom stereocenters. The maximum absolute atomic E-state index is 12.4. The molecule has 7 heteroatoms. The van der Waals surface area contributed by atoms with Crippen molar-refractivity contribution in [2.24, 2.45) is 0 Å². The Labute approximate surface area is 130 Å². The molecule has 1 aromatic carbocycles. The molecule has 0 spiro atoms. The molecule has 114 valence electrons. The molecule has 0 heterocycles. The molecule has 0 aromatic heterocycles. The van der Waals surface area contributed by atoms with E-state index >= 15 is 0 Å². The summed E-state index contributed by atoms with van der Waals surface area (Å²) < 4.78 is 27.5. The Kier molecular flexibility index (Phi) is 4.81. The molecule has 0 amide bonds. The Hall–Kier alpha value is -1.23. The van der Waals surface area contributed by atoms with Crippen LogP contribution in [0.25, 0.3) is 0 Å². The minimum absolute atomic E-state index is 0.00606. The Morgan fingerprint density at radius 2 is 2.10 bits per heavy atom. The highest BCUT2D eigenvalue weighted by Gasteiger charge is 2.34. The first-order chi connectivity index (χ1) is 9.92. The van der Waals surface area contributed by atoms with Crippen LogP contribution in [-0.2, 0) is 10.0 Å². The van der Waals surface area contributed by atoms with Crippen LogP contribution in [-0.4, -0.2) is 26.0 Å². The van der Waals surface area contributed by atoms with Gasteiger partial charge in [0, 0.05) is 17.0 Å². The smallest absolute Gasteiger partial charge is 0.241 e. The predicted molar refractivity (Wildman–Crippen MR) is 85.5 cm³/mol. The standard InChI is InChI=1S/C14H19N3O2S2/c1-20-14(6-2-3-7-14)10-17-21(18,19)13-5-4-12(16)8-11(13)9-15/h4-5,8,17H,2-3,6-7,10,16H2,1H3. The van der Waals surface area contributed by atoms with E-state index < -0.39 is 10.0 Å². The Balaban J connectivity index is 2.21. The maximum atomic E-state index is 12.4. The normalized spacial score (nSPS) is 17.5. The second-order valence-corrected chi connectivity index (χ2v) is 8.30. The molecule has 1 aromatic rings. The largest absolute Gasteiger partial charge is 0.399 e. The molecule has 2 rings (SSSR count). The second-order valence-electron chi connectivity index (χ2n) is 5.29. The zero-order valence-corrected chi connectivity index (χ0v) is 13.6. The van der Waals surface area contributed by atoms with Crippen molar-refractivity contribution < 1.29 is 8.42 Å². The Morgan fingerprint density at radius 1 is 1.43 bits per heavy atom. The van der Waals surface area contributed by atoms with E-state index in [1.54, 1.807) is 11.8 Å². The lowest BCUT2D eigenvalue weighted by Crippen LogP contribution is -2.38. The van der Waals surface area contributed by atoms with Gasteiger partial charge in [-0.15, -0.1) is 0 Å². The van der Waals surface area contributed by atoms with Crippen LogP contribution >= 0.6 is 11.8 Å². The first-order valence-electron chi connectivity index (χ1n) is 6.77. The molecule has 1 aliphatic rings. The SMILES string of the molecule is CSC1(CNS(=O)(=O)c2ccc(N)cc2C#N)CCCC1. The van der Waals surface area contributed by atoms with E-state index in [4.69, 9.17) is 11.0 Å². The molecule has 0 saturated heterocycles. The predicted octanol–water partition coefficient (Wildman–Crippen LogP) is 2.09. The number of nitrogens with one attached hydrogen (secondary N) is 1. The zero-order valence-electron chi connectivity index (χ0n) is 11.9. The molecule has 1 aliphatic carbocycles. The summed E-state index contributed by atoms with van der Waals surface area (Å²) in [6.45, 7) is 0.395. The van der Waals surface area contributed by atoms with Crippen molar-refractivity contribution >= 4 is 27.5 Å². The highest BCUT2D eigenvalue weighted by atomic mass is 32.2. The quantitative estimate of drug-likeness (QED) is 0.808. The van der Waals surface area contributed by atoms with Gasteiger partial charge in [-0.1, -0.05) is 12.8 Å². The van der Waals surface area contributed by atoms with Gasteiger partial charge in [0.1, 0.15) is 6.07 Å². The number of nitriles is 1. The third kappa shape index (κ3) is 3.51. The van der Waals surface area contributed by atoms with Crippen LogP contribution in [0.1, 0.15) is 31.2 Å². The van der Waals surface area contributed by atoms with Gasteiger partial charge in [-0.05, 0) is 37.3 Å². The van der Waals surface area contributed by atoms with Crippen molar-refractivity contribution in [3.05, 3.63) is 23.8 Å². The molecular weight excluding hydrogens is 306 g/mol. The lowest BCUT2D eigenvalue weighted by molar-refractivity contribution is 0.551. The van der Waals surface area contributed by atoms with Crippen molar-refractivity contribution in [3.8, 4) is 6.07 Å². The summed E-state index contributed by atoms with van der Waals surface area (Å²) >= 11 is 1.72. The third-order valence-corrected chi connectivity index (χ3v) is 6.82. The minimum atomic E-state index is -3.70. The molecule has 5 nitrogen and oxygen atoms in total. The van der Waals surface area contributed by atoms with Crippen LogP contribution in [0, 0.1) is 11.3 Å². The van der Waals surface area contributed by atoms with Crippen molar-refractivity contribution in [2.75, 3.05) is 18.5 Å². The lowest BCUT2D eigenvalue weighted by Gasteiger charge is -2.26. The number of hydrogen-bond donors (Lipinski definition) is 2. The van der Waals surface area contributed by atoms with Crippen molar-refractivity contribution in [1.29, 1.82) is 5.26 Å². The van der Waals surface area contributed by atoms with E-state index in [1.807, 2.05) is 12.3 Å². The number of sulfonamides is 1. The molecule has 0 radical (unpaired) electrons. The first-order valence-corrected chi connectivity index (χ1v) is 9.48. The van der Waals surface area contributed by atoms with E-state index in [2.05, 4.69) is 4.72 Å². The number of thioether (sulfide) groups is 1. The fourth-order valence-corrected chi connectivity index (χ4v) is 4.91. The molecule has 21 heavy (non-hydrogen) atoms. The summed E-state index contributed by atoms with van der Waals surface area (Å²) in [5, 5.41) is 9.08. The number of benzene rings is 1. The van der Waals surface area contributed by atoms with Crippen LogP contribution in [0.5, 0.6) is 0 Å². The Bertz CT molecular complexity index is 659. The van der Waals surface area contributed by atoms with Gasteiger partial charge >= 0.3 is 0 Å². The second kappa shape index (κ2) is 6.26. The number of anilines is 1. The van der Waals surface area contributed by atoms with E-state index in [0.717, 1.165) is 25.7 Å². The van der Waals surface area contributed by atoms with Gasteiger partial charge in [-0.2, -0.15) is 17.0 Å². The van der Waals surface area contributed by atoms with E-state index in [1.165, 1.54) is 18.2 Å². The summed E-state index contributed by atoms with van der Waals surface area (Å²) in [6, 6.07) is 6.15. The van der Waals surface area contributed by atoms with Crippen LogP contribution in [0.15, 0.2) is 23.1 Å². The molecule has 1 fully saturated rings. The first kappa shape index (κ1) is 16.1. The van der Waals surface area contributed by atoms with E-state index in [-0.39, 0.29) is 15.2 Å². The van der Waals surface area contributed by atoms with Gasteiger partial charge in [-0.3, -0.25) is 0 Å². The van der Waals surface area contributed by atoms with Gasteiger partial charge in [-0.25, -0.2) is 13.1 Å². The molecule has 0 bridgehead atoms. The average Bonchev–Trinajstić information content (AvgIpc) is 2.94. The number of rotatable bonds is 5. The third-order valence-electron chi connectivity index (χ3n) is 3.95. The van der Waals surface area contributed by atoms with Crippen molar-refractivity contribution in [2.45, 2.75) is 35.3 Å². The zero-order chi connectivity index (χ0) is 15.5. The highest BCUT2D eigenvalue weighted by molar-refractivity contribution is 8.00. The summed E-state index contributed by atoms with van der Waals surface area (Å²) in [6.07, 6.45) is 6.32. The number of nitrogen functional groups attached to an aromatic ring is 1. The summed E-state index contributed by atoms with van der Waals surface area (Å²) in [5.41, 5.74) is 6.05. The van der Waals surface area contributed by atoms with Crippen molar-refractivity contribution in [3.63, 3.8) is 0 Å². The van der Waals surface area contributed by atoms with Crippen LogP contribution in [0.4, 0.5) is 5.69 Å². The van der Waals surface area contributed by atoms with Gasteiger partial charge < -0.3 is 5.73 Å². The molecule has 3 N–H and O–H groups in total. The fraction of sp³-hybridized carbons (Fsp3) is 0.500. The monoisotopic (exact) mass is 325 g/mol. The van der Waals surface area contributed by atoms with Crippen LogP contribution in [0.2, 0.25) is 0 Å². The summed E-state index contributed by atoms with van der Waals surface area (Å²) in [4.78, 5) is -0.00606. The van der Waals surface area contributed by atoms with E-state index in [0.29, 0.717) is 12.2 Å². The van der Waals surface area contributed by atoms with Gasteiger partial charge in [0.05, 0.1) is 10.5 Å². The van der Waals surface area contributed by atoms with Crippen LogP contribution < -0.4 is 10.5 Å². The van der Waals surface area contributed by atoms with Gasteiger partial charge in [0.2, 0.25) is 10.0 Å². The maximum Gasteiger partial charge on any atom is 0.241 e. The van der Waals surface area contributed by atoms with E-state index in [9.17, 15) is 8.42 Å². The average molecular weight is 325 g/mol. The van der Waals surface area contributed by atoms with Crippen molar-refractivity contribution in [1.82, 2.24) is 4.72 Å². The Morgan fingerprint density at radius 3 is 2.67 bits per heavy atom. The summed E-state index contributed by atoms with van der Waals surface area (Å²) in [5.74, 6) is 0.